The molecule has 10 nitrogen and oxygen atoms in total. The van der Waals surface area contributed by atoms with Crippen LogP contribution in [0.1, 0.15) is 65.0 Å². The van der Waals surface area contributed by atoms with Crippen molar-refractivity contribution in [2.24, 2.45) is 0 Å². The van der Waals surface area contributed by atoms with Crippen LogP contribution >= 0.6 is 0 Å². The van der Waals surface area contributed by atoms with Gasteiger partial charge in [0, 0.05) is 6.20 Å². The van der Waals surface area contributed by atoms with E-state index in [2.05, 4.69) is 11.9 Å². The second-order valence-electron chi connectivity index (χ2n) is 6.92. The minimum Gasteiger partial charge on any atom is -0.434 e. The van der Waals surface area contributed by atoms with E-state index in [9.17, 15) is 14.7 Å². The van der Waals surface area contributed by atoms with Gasteiger partial charge in [-0.15, -0.1) is 0 Å². The molecule has 0 saturated carbocycles. The minimum atomic E-state index is -1.22. The number of nitrogen functional groups attached to an aromatic ring is 1. The van der Waals surface area contributed by atoms with Crippen LogP contribution in [0.15, 0.2) is 17.1 Å². The van der Waals surface area contributed by atoms with Gasteiger partial charge in [0.15, 0.2) is 0 Å². The van der Waals surface area contributed by atoms with Gasteiger partial charge in [-0.25, -0.2) is 9.59 Å². The Morgan fingerprint density at radius 2 is 2.00 bits per heavy atom. The molecule has 0 aliphatic carbocycles. The highest BCUT2D eigenvalue weighted by Gasteiger charge is 2.25. The zero-order valence-electron chi connectivity index (χ0n) is 17.7. The summed E-state index contributed by atoms with van der Waals surface area (Å²) in [5.41, 5.74) is 4.84. The molecule has 3 atom stereocenters. The Balaban J connectivity index is 2.51. The highest BCUT2D eigenvalue weighted by Crippen LogP contribution is 2.14. The van der Waals surface area contributed by atoms with Crippen molar-refractivity contribution in [2.75, 3.05) is 18.9 Å². The van der Waals surface area contributed by atoms with Gasteiger partial charge in [-0.3, -0.25) is 4.57 Å². The molecule has 0 aliphatic heterocycles. The van der Waals surface area contributed by atoms with Crippen LogP contribution in [-0.2, 0) is 14.2 Å². The Morgan fingerprint density at radius 3 is 2.67 bits per heavy atom. The molecule has 0 saturated heterocycles. The third-order valence-corrected chi connectivity index (χ3v) is 4.43. The van der Waals surface area contributed by atoms with Crippen LogP contribution in [0.4, 0.5) is 10.6 Å². The average Bonchev–Trinajstić information content (AvgIpc) is 2.70. The molecule has 0 amide bonds. The lowest BCUT2D eigenvalue weighted by Crippen LogP contribution is -2.38. The molecular formula is C20H32N4O6. The number of hydrogen-bond acceptors (Lipinski definition) is 9. The molecule has 10 heteroatoms. The maximum atomic E-state index is 11.9. The maximum Gasteiger partial charge on any atom is 0.508 e. The van der Waals surface area contributed by atoms with Crippen LogP contribution in [0.2, 0.25) is 0 Å². The van der Waals surface area contributed by atoms with Gasteiger partial charge in [0.1, 0.15) is 24.8 Å². The number of anilines is 1. The molecule has 168 valence electrons. The first-order chi connectivity index (χ1) is 14.4. The lowest BCUT2D eigenvalue weighted by Gasteiger charge is -2.26. The number of aromatic nitrogens is 2. The molecule has 1 rings (SSSR count). The lowest BCUT2D eigenvalue weighted by molar-refractivity contribution is -0.121. The van der Waals surface area contributed by atoms with Crippen LogP contribution in [0.25, 0.3) is 0 Å². The van der Waals surface area contributed by atoms with E-state index in [0.29, 0.717) is 0 Å². The van der Waals surface area contributed by atoms with Gasteiger partial charge in [-0.2, -0.15) is 10.2 Å². The molecular weight excluding hydrogens is 392 g/mol. The van der Waals surface area contributed by atoms with Crippen molar-refractivity contribution < 1.29 is 24.1 Å². The number of ether oxygens (including phenoxy) is 3. The molecule has 0 aromatic carbocycles. The molecule has 1 aromatic rings. The molecule has 3 N–H and O–H groups in total. The van der Waals surface area contributed by atoms with Crippen LogP contribution < -0.4 is 11.4 Å². The van der Waals surface area contributed by atoms with E-state index in [1.165, 1.54) is 36.1 Å². The summed E-state index contributed by atoms with van der Waals surface area (Å²) in [6.07, 6.45) is 3.56. The number of nitrogens with two attached hydrogens (primary N) is 1. The fourth-order valence-electron chi connectivity index (χ4n) is 2.72. The SMILES string of the molecule is CCCCCCCCOC(=O)OC[C@@H](OC(C)n1ccc(N)nc1=O)[C@@H](O)CC#N. The second-order valence-corrected chi connectivity index (χ2v) is 6.92. The van der Waals surface area contributed by atoms with Gasteiger partial charge < -0.3 is 25.1 Å². The van der Waals surface area contributed by atoms with Crippen LogP contribution in [0.3, 0.4) is 0 Å². The van der Waals surface area contributed by atoms with Crippen LogP contribution in [0.5, 0.6) is 0 Å². The Kier molecular flexibility index (Phi) is 12.2. The van der Waals surface area contributed by atoms with Gasteiger partial charge in [0.2, 0.25) is 0 Å². The molecule has 1 aromatic heterocycles. The number of rotatable bonds is 14. The molecule has 1 heterocycles. The summed E-state index contributed by atoms with van der Waals surface area (Å²) in [5, 5.41) is 19.0. The lowest BCUT2D eigenvalue weighted by atomic mass is 10.1. The van der Waals surface area contributed by atoms with Gasteiger partial charge in [0.05, 0.1) is 25.2 Å². The van der Waals surface area contributed by atoms with Crippen molar-refractivity contribution in [2.45, 2.75) is 77.2 Å². The monoisotopic (exact) mass is 424 g/mol. The number of hydrogen-bond donors (Lipinski definition) is 2. The molecule has 0 bridgehead atoms. The molecule has 0 fully saturated rings. The second kappa shape index (κ2) is 14.4. The topological polar surface area (TPSA) is 150 Å². The van der Waals surface area contributed by atoms with E-state index < -0.39 is 30.3 Å². The largest absolute Gasteiger partial charge is 0.508 e. The first-order valence-electron chi connectivity index (χ1n) is 10.2. The molecule has 0 spiro atoms. The summed E-state index contributed by atoms with van der Waals surface area (Å²) < 4.78 is 16.9. The van der Waals surface area contributed by atoms with Gasteiger partial charge in [-0.05, 0) is 19.4 Å². The average molecular weight is 424 g/mol. The first-order valence-corrected chi connectivity index (χ1v) is 10.2. The number of aliphatic hydroxyl groups excluding tert-OH is 1. The predicted molar refractivity (Wildman–Crippen MR) is 109 cm³/mol. The van der Waals surface area contributed by atoms with Crippen molar-refractivity contribution >= 4 is 12.0 Å². The van der Waals surface area contributed by atoms with Crippen LogP contribution in [-0.4, -0.2) is 46.2 Å². The quantitative estimate of drug-likeness (QED) is 0.339. The summed E-state index contributed by atoms with van der Waals surface area (Å²) in [5.74, 6) is 0.0703. The number of nitriles is 1. The molecule has 30 heavy (non-hydrogen) atoms. The summed E-state index contributed by atoms with van der Waals surface area (Å²) in [7, 11) is 0. The van der Waals surface area contributed by atoms with E-state index in [1.807, 2.05) is 6.07 Å². The van der Waals surface area contributed by atoms with E-state index >= 15 is 0 Å². The minimum absolute atomic E-state index is 0.0703. The Bertz CT molecular complexity index is 733. The highest BCUT2D eigenvalue weighted by molar-refractivity contribution is 5.59. The Hall–Kier alpha value is -2.64. The number of nitrogens with zero attached hydrogens (tertiary/aromatic N) is 3. The van der Waals surface area contributed by atoms with E-state index in [0.717, 1.165) is 19.3 Å². The zero-order chi connectivity index (χ0) is 22.4. The zero-order valence-corrected chi connectivity index (χ0v) is 17.7. The molecule has 1 unspecified atom stereocenters. The van der Waals surface area contributed by atoms with Crippen molar-refractivity contribution in [3.63, 3.8) is 0 Å². The van der Waals surface area contributed by atoms with Gasteiger partial charge >= 0.3 is 11.8 Å². The van der Waals surface area contributed by atoms with Crippen molar-refractivity contribution in [3.8, 4) is 6.07 Å². The van der Waals surface area contributed by atoms with E-state index in [4.69, 9.17) is 25.2 Å². The summed E-state index contributed by atoms with van der Waals surface area (Å²) in [6, 6.07) is 3.26. The third kappa shape index (κ3) is 9.71. The van der Waals surface area contributed by atoms with Crippen LogP contribution in [0, 0.1) is 11.3 Å². The first kappa shape index (κ1) is 25.4. The predicted octanol–water partition coefficient (Wildman–Crippen LogP) is 2.52. The van der Waals surface area contributed by atoms with Crippen molar-refractivity contribution in [1.82, 2.24) is 9.55 Å². The number of carbonyl (C=O) groups is 1. The third-order valence-electron chi connectivity index (χ3n) is 4.43. The van der Waals surface area contributed by atoms with Crippen molar-refractivity contribution in [1.29, 1.82) is 5.26 Å². The Labute approximate surface area is 176 Å². The normalized spacial score (nSPS) is 13.8. The molecule has 0 aliphatic rings. The Morgan fingerprint density at radius 1 is 1.30 bits per heavy atom. The summed E-state index contributed by atoms with van der Waals surface area (Å²) >= 11 is 0. The summed E-state index contributed by atoms with van der Waals surface area (Å²) in [6.45, 7) is 3.62. The number of aliphatic hydroxyl groups is 1. The number of carbonyl (C=O) groups excluding carboxylic acids is 1. The van der Waals surface area contributed by atoms with Crippen molar-refractivity contribution in [3.05, 3.63) is 22.7 Å². The number of unbranched alkanes of at least 4 members (excludes halogenated alkanes) is 5. The fraction of sp³-hybridized carbons (Fsp3) is 0.700. The summed E-state index contributed by atoms with van der Waals surface area (Å²) in [4.78, 5) is 27.3. The smallest absolute Gasteiger partial charge is 0.434 e. The van der Waals surface area contributed by atoms with E-state index in [1.54, 1.807) is 6.92 Å². The standard InChI is InChI=1S/C20H32N4O6/c1-3-4-5-6-7-8-13-28-20(27)29-14-17(16(25)9-11-21)30-15(2)24-12-10-18(22)23-19(24)26/h10,12,15-17,25H,3-9,13-14H2,1-2H3,(H2,22,23,26)/t15?,16-,17+/m0/s1. The maximum absolute atomic E-state index is 11.9. The fourth-order valence-corrected chi connectivity index (χ4v) is 2.72. The van der Waals surface area contributed by atoms with Gasteiger partial charge in [0.25, 0.3) is 0 Å². The van der Waals surface area contributed by atoms with E-state index in [-0.39, 0.29) is 25.5 Å². The van der Waals surface area contributed by atoms with Gasteiger partial charge in [-0.1, -0.05) is 39.0 Å². The molecule has 0 radical (unpaired) electrons. The highest BCUT2D eigenvalue weighted by atomic mass is 16.7.